The second kappa shape index (κ2) is 6.00. The summed E-state index contributed by atoms with van der Waals surface area (Å²) in [6, 6.07) is 5.06. The van der Waals surface area contributed by atoms with Crippen molar-refractivity contribution in [1.29, 1.82) is 0 Å². The first kappa shape index (κ1) is 12.4. The number of benzene rings is 1. The Balaban J connectivity index is 2.85. The summed E-state index contributed by atoms with van der Waals surface area (Å²) in [5.74, 6) is -0.538. The molecule has 0 amide bonds. The number of hydrogen-bond donors (Lipinski definition) is 2. The molecule has 1 aromatic carbocycles. The van der Waals surface area contributed by atoms with Crippen molar-refractivity contribution >= 4 is 11.7 Å². The van der Waals surface area contributed by atoms with Crippen molar-refractivity contribution in [1.82, 2.24) is 0 Å². The molecule has 0 saturated heterocycles. The molecule has 4 nitrogen and oxygen atoms in total. The van der Waals surface area contributed by atoms with Gasteiger partial charge in [-0.15, -0.1) is 0 Å². The van der Waals surface area contributed by atoms with Gasteiger partial charge in [0.05, 0.1) is 6.61 Å². The van der Waals surface area contributed by atoms with Gasteiger partial charge in [0.2, 0.25) is 0 Å². The van der Waals surface area contributed by atoms with Crippen LogP contribution in [-0.4, -0.2) is 24.7 Å². The summed E-state index contributed by atoms with van der Waals surface area (Å²) in [5.41, 5.74) is 0.961. The van der Waals surface area contributed by atoms with Gasteiger partial charge >= 0.3 is 5.97 Å². The summed E-state index contributed by atoms with van der Waals surface area (Å²) in [7, 11) is 1.75. The van der Waals surface area contributed by atoms with Crippen molar-refractivity contribution in [3.8, 4) is 5.75 Å². The molecule has 0 fully saturated rings. The molecule has 0 aliphatic heterocycles. The molecule has 88 valence electrons. The summed E-state index contributed by atoms with van der Waals surface area (Å²) < 4.78 is 5.43. The molecule has 0 aromatic heterocycles. The van der Waals surface area contributed by atoms with E-state index in [1.165, 1.54) is 0 Å². The van der Waals surface area contributed by atoms with Gasteiger partial charge in [0.1, 0.15) is 11.3 Å². The third-order valence-electron chi connectivity index (χ3n) is 2.25. The largest absolute Gasteiger partial charge is 0.493 e. The monoisotopic (exact) mass is 223 g/mol. The van der Waals surface area contributed by atoms with Crippen LogP contribution in [0.5, 0.6) is 5.75 Å². The number of carboxylic acids is 1. The lowest BCUT2D eigenvalue weighted by Crippen LogP contribution is -2.05. The van der Waals surface area contributed by atoms with Gasteiger partial charge in [-0.25, -0.2) is 4.79 Å². The van der Waals surface area contributed by atoms with Crippen LogP contribution in [0.3, 0.4) is 0 Å². The number of unbranched alkanes of at least 4 members (excludes halogenated alkanes) is 1. The van der Waals surface area contributed by atoms with Gasteiger partial charge in [-0.3, -0.25) is 0 Å². The van der Waals surface area contributed by atoms with Crippen molar-refractivity contribution in [3.63, 3.8) is 0 Å². The van der Waals surface area contributed by atoms with Crippen molar-refractivity contribution < 1.29 is 14.6 Å². The summed E-state index contributed by atoms with van der Waals surface area (Å²) in [4.78, 5) is 11.0. The normalized spacial score (nSPS) is 9.88. The quantitative estimate of drug-likeness (QED) is 0.728. The minimum absolute atomic E-state index is 0.197. The van der Waals surface area contributed by atoms with E-state index in [4.69, 9.17) is 9.84 Å². The smallest absolute Gasteiger partial charge is 0.339 e. The maximum Gasteiger partial charge on any atom is 0.339 e. The number of aromatic carboxylic acids is 1. The lowest BCUT2D eigenvalue weighted by atomic mass is 10.2. The molecular weight excluding hydrogens is 206 g/mol. The second-order valence-electron chi connectivity index (χ2n) is 3.47. The molecule has 1 rings (SSSR count). The van der Waals surface area contributed by atoms with Crippen LogP contribution in [-0.2, 0) is 0 Å². The summed E-state index contributed by atoms with van der Waals surface area (Å²) in [6.45, 7) is 2.61. The zero-order valence-corrected chi connectivity index (χ0v) is 9.62. The van der Waals surface area contributed by atoms with Crippen LogP contribution in [0, 0.1) is 0 Å². The number of carbonyl (C=O) groups is 1. The van der Waals surface area contributed by atoms with Crippen LogP contribution >= 0.6 is 0 Å². The Morgan fingerprint density at radius 1 is 1.50 bits per heavy atom. The van der Waals surface area contributed by atoms with Crippen molar-refractivity contribution in [3.05, 3.63) is 23.8 Å². The predicted octanol–water partition coefficient (Wildman–Crippen LogP) is 2.61. The molecule has 0 bridgehead atoms. The van der Waals surface area contributed by atoms with E-state index in [0.29, 0.717) is 12.4 Å². The molecular formula is C12H17NO3. The Kier molecular flexibility index (Phi) is 4.64. The number of carboxylic acid groups (broad SMARTS) is 1. The lowest BCUT2D eigenvalue weighted by molar-refractivity contribution is 0.0692. The minimum Gasteiger partial charge on any atom is -0.493 e. The van der Waals surface area contributed by atoms with E-state index in [-0.39, 0.29) is 5.56 Å². The fraction of sp³-hybridized carbons (Fsp3) is 0.417. The zero-order chi connectivity index (χ0) is 12.0. The van der Waals surface area contributed by atoms with Gasteiger partial charge in [0.15, 0.2) is 0 Å². The highest BCUT2D eigenvalue weighted by Gasteiger charge is 2.11. The van der Waals surface area contributed by atoms with E-state index in [1.54, 1.807) is 25.2 Å². The van der Waals surface area contributed by atoms with E-state index < -0.39 is 5.97 Å². The highest BCUT2D eigenvalue weighted by atomic mass is 16.5. The topological polar surface area (TPSA) is 58.6 Å². The van der Waals surface area contributed by atoms with Crippen molar-refractivity contribution in [2.75, 3.05) is 19.0 Å². The highest BCUT2D eigenvalue weighted by molar-refractivity contribution is 5.92. The Morgan fingerprint density at radius 2 is 2.25 bits per heavy atom. The van der Waals surface area contributed by atoms with Gasteiger partial charge in [-0.1, -0.05) is 13.3 Å². The molecule has 0 unspecified atom stereocenters. The van der Waals surface area contributed by atoms with Gasteiger partial charge in [0, 0.05) is 12.7 Å². The van der Waals surface area contributed by atoms with E-state index >= 15 is 0 Å². The van der Waals surface area contributed by atoms with Crippen LogP contribution in [0.1, 0.15) is 30.1 Å². The molecule has 0 spiro atoms. The van der Waals surface area contributed by atoms with Crippen LogP contribution < -0.4 is 10.1 Å². The molecule has 0 aliphatic carbocycles. The third-order valence-corrected chi connectivity index (χ3v) is 2.25. The number of ether oxygens (including phenoxy) is 1. The fourth-order valence-electron chi connectivity index (χ4n) is 1.30. The number of anilines is 1. The van der Waals surface area contributed by atoms with Crippen LogP contribution in [0.15, 0.2) is 18.2 Å². The number of rotatable bonds is 6. The second-order valence-corrected chi connectivity index (χ2v) is 3.47. The Bertz CT molecular complexity index is 363. The molecule has 1 aromatic rings. The molecule has 4 heteroatoms. The molecule has 0 aliphatic rings. The Morgan fingerprint density at radius 3 is 2.81 bits per heavy atom. The third kappa shape index (κ3) is 3.15. The number of hydrogen-bond acceptors (Lipinski definition) is 3. The maximum absolute atomic E-state index is 11.0. The summed E-state index contributed by atoms with van der Waals surface area (Å²) in [6.07, 6.45) is 1.95. The standard InChI is InChI=1S/C12H17NO3/c1-3-4-7-16-11-6-5-9(13-2)8-10(11)12(14)15/h5-6,8,13H,3-4,7H2,1-2H3,(H,14,15). The van der Waals surface area contributed by atoms with Crippen LogP contribution in [0.2, 0.25) is 0 Å². The molecule has 0 heterocycles. The van der Waals surface area contributed by atoms with Gasteiger partial charge in [-0.2, -0.15) is 0 Å². The van der Waals surface area contributed by atoms with Crippen molar-refractivity contribution in [2.24, 2.45) is 0 Å². The first-order valence-corrected chi connectivity index (χ1v) is 5.37. The van der Waals surface area contributed by atoms with E-state index in [2.05, 4.69) is 12.2 Å². The van der Waals surface area contributed by atoms with E-state index in [9.17, 15) is 4.79 Å². The lowest BCUT2D eigenvalue weighted by Gasteiger charge is -2.10. The zero-order valence-electron chi connectivity index (χ0n) is 9.62. The van der Waals surface area contributed by atoms with Crippen LogP contribution in [0.25, 0.3) is 0 Å². The Hall–Kier alpha value is -1.71. The van der Waals surface area contributed by atoms with Crippen LogP contribution in [0.4, 0.5) is 5.69 Å². The first-order valence-electron chi connectivity index (χ1n) is 5.37. The average molecular weight is 223 g/mol. The van der Waals surface area contributed by atoms with E-state index in [1.807, 2.05) is 0 Å². The van der Waals surface area contributed by atoms with Gasteiger partial charge in [0.25, 0.3) is 0 Å². The van der Waals surface area contributed by atoms with Gasteiger partial charge in [-0.05, 0) is 24.6 Å². The first-order chi connectivity index (χ1) is 7.69. The summed E-state index contributed by atoms with van der Waals surface area (Å²) >= 11 is 0. The van der Waals surface area contributed by atoms with E-state index in [0.717, 1.165) is 18.5 Å². The Labute approximate surface area is 95.2 Å². The maximum atomic E-state index is 11.0. The molecule has 0 radical (unpaired) electrons. The molecule has 0 saturated carbocycles. The SMILES string of the molecule is CCCCOc1ccc(NC)cc1C(=O)O. The predicted molar refractivity (Wildman–Crippen MR) is 63.4 cm³/mol. The highest BCUT2D eigenvalue weighted by Crippen LogP contribution is 2.23. The summed E-state index contributed by atoms with van der Waals surface area (Å²) in [5, 5.41) is 11.9. The molecule has 16 heavy (non-hydrogen) atoms. The van der Waals surface area contributed by atoms with Crippen molar-refractivity contribution in [2.45, 2.75) is 19.8 Å². The minimum atomic E-state index is -0.969. The molecule has 2 N–H and O–H groups in total. The number of nitrogens with one attached hydrogen (secondary N) is 1. The fourth-order valence-corrected chi connectivity index (χ4v) is 1.30. The van der Waals surface area contributed by atoms with Gasteiger partial charge < -0.3 is 15.2 Å². The average Bonchev–Trinajstić information content (AvgIpc) is 2.29. The molecule has 0 atom stereocenters.